The molecule has 1 aliphatic heterocycles. The normalized spacial score (nSPS) is 14.1. The third kappa shape index (κ3) is 5.98. The van der Waals surface area contributed by atoms with E-state index in [9.17, 15) is 9.90 Å². The molecule has 1 aromatic heterocycles. The number of H-pyrrole nitrogens is 1. The van der Waals surface area contributed by atoms with E-state index in [0.29, 0.717) is 34.3 Å². The largest absolute Gasteiger partial charge is 0.504 e. The Hall–Kier alpha value is -2.58. The monoisotopic (exact) mass is 463 g/mol. The fourth-order valence-electron chi connectivity index (χ4n) is 3.29. The highest BCUT2D eigenvalue weighted by atomic mass is 35.5. The Labute approximate surface area is 191 Å². The zero-order valence-electron chi connectivity index (χ0n) is 16.7. The zero-order chi connectivity index (χ0) is 20.9. The number of hydrogen-bond acceptors (Lipinski definition) is 6. The fraction of sp³-hybridized carbons (Fsp3) is 0.273. The molecule has 0 aliphatic carbocycles. The number of ether oxygens (including phenoxy) is 2. The van der Waals surface area contributed by atoms with E-state index >= 15 is 0 Å². The van der Waals surface area contributed by atoms with Gasteiger partial charge in [0, 0.05) is 30.2 Å². The molecular weight excluding hydrogens is 441 g/mol. The third-order valence-corrected chi connectivity index (χ3v) is 5.18. The van der Waals surface area contributed by atoms with Gasteiger partial charge in [0.2, 0.25) is 0 Å². The van der Waals surface area contributed by atoms with E-state index in [-0.39, 0.29) is 18.2 Å². The molecule has 1 fully saturated rings. The van der Waals surface area contributed by atoms with Crippen LogP contribution in [-0.2, 0) is 4.74 Å². The van der Waals surface area contributed by atoms with Crippen molar-refractivity contribution in [1.29, 1.82) is 0 Å². The van der Waals surface area contributed by atoms with Crippen LogP contribution >= 0.6 is 24.0 Å². The number of halogens is 2. The molecule has 1 aliphatic rings. The van der Waals surface area contributed by atoms with Crippen LogP contribution in [0.3, 0.4) is 0 Å². The maximum absolute atomic E-state index is 12.1. The SMILES string of the molecule is Cl.O=c1nc(-c2ccc(O)c(OCCN3CCOCC3)c2)cc(-c2ccc(Cl)cc2)[nH]1. The van der Waals surface area contributed by atoms with Crippen LogP contribution in [-0.4, -0.2) is 59.4 Å². The smallest absolute Gasteiger partial charge is 0.345 e. The Morgan fingerprint density at radius 3 is 2.55 bits per heavy atom. The molecule has 9 heteroatoms. The summed E-state index contributed by atoms with van der Waals surface area (Å²) in [5.74, 6) is 0.402. The number of morpholine rings is 1. The average Bonchev–Trinajstić information content (AvgIpc) is 2.76. The number of rotatable bonds is 6. The molecule has 2 heterocycles. The number of nitrogens with one attached hydrogen (secondary N) is 1. The van der Waals surface area contributed by atoms with Crippen molar-refractivity contribution < 1.29 is 14.6 Å². The molecule has 2 aromatic carbocycles. The van der Waals surface area contributed by atoms with Crippen LogP contribution in [0.1, 0.15) is 0 Å². The highest BCUT2D eigenvalue weighted by Gasteiger charge is 2.12. The van der Waals surface area contributed by atoms with Gasteiger partial charge in [0.15, 0.2) is 11.5 Å². The first-order valence-corrected chi connectivity index (χ1v) is 10.1. The number of nitrogens with zero attached hydrogens (tertiary/aromatic N) is 2. The standard InChI is InChI=1S/C22H22ClN3O4.ClH/c23-17-4-1-15(2-5-17)18-14-19(25-22(28)24-18)16-3-6-20(27)21(13-16)30-12-9-26-7-10-29-11-8-26;/h1-6,13-14,27H,7-12H2,(H,24,25,28);1H. The molecule has 164 valence electrons. The second-order valence-electron chi connectivity index (χ2n) is 6.98. The summed E-state index contributed by atoms with van der Waals surface area (Å²) < 4.78 is 11.1. The maximum Gasteiger partial charge on any atom is 0.345 e. The second kappa shape index (κ2) is 10.6. The number of aromatic nitrogens is 2. The van der Waals surface area contributed by atoms with E-state index < -0.39 is 5.69 Å². The summed E-state index contributed by atoms with van der Waals surface area (Å²) in [6.45, 7) is 4.39. The average molecular weight is 464 g/mol. The lowest BCUT2D eigenvalue weighted by molar-refractivity contribution is 0.0321. The van der Waals surface area contributed by atoms with E-state index in [1.807, 2.05) is 12.1 Å². The summed E-state index contributed by atoms with van der Waals surface area (Å²) in [5, 5.41) is 10.8. The van der Waals surface area contributed by atoms with Crippen molar-refractivity contribution >= 4 is 24.0 Å². The highest BCUT2D eigenvalue weighted by molar-refractivity contribution is 6.30. The molecule has 0 spiro atoms. The quantitative estimate of drug-likeness (QED) is 0.580. The first-order chi connectivity index (χ1) is 14.6. The van der Waals surface area contributed by atoms with Crippen molar-refractivity contribution in [3.63, 3.8) is 0 Å². The van der Waals surface area contributed by atoms with Crippen LogP contribution in [0, 0.1) is 0 Å². The highest BCUT2D eigenvalue weighted by Crippen LogP contribution is 2.31. The van der Waals surface area contributed by atoms with Crippen molar-refractivity contribution in [1.82, 2.24) is 14.9 Å². The van der Waals surface area contributed by atoms with Crippen molar-refractivity contribution in [3.05, 3.63) is 64.0 Å². The molecule has 2 N–H and O–H groups in total. The first-order valence-electron chi connectivity index (χ1n) is 9.72. The van der Waals surface area contributed by atoms with Crippen LogP contribution in [0.2, 0.25) is 5.02 Å². The van der Waals surface area contributed by atoms with E-state index in [1.165, 1.54) is 0 Å². The topological polar surface area (TPSA) is 87.7 Å². The van der Waals surface area contributed by atoms with Crippen LogP contribution in [0.25, 0.3) is 22.5 Å². The third-order valence-electron chi connectivity index (χ3n) is 4.92. The van der Waals surface area contributed by atoms with E-state index in [1.54, 1.807) is 36.4 Å². The lowest BCUT2D eigenvalue weighted by Crippen LogP contribution is -2.38. The summed E-state index contributed by atoms with van der Waals surface area (Å²) in [6.07, 6.45) is 0. The van der Waals surface area contributed by atoms with Crippen molar-refractivity contribution in [2.45, 2.75) is 0 Å². The van der Waals surface area contributed by atoms with Crippen LogP contribution in [0.4, 0.5) is 0 Å². The molecule has 31 heavy (non-hydrogen) atoms. The second-order valence-corrected chi connectivity index (χ2v) is 7.41. The van der Waals surface area contributed by atoms with Gasteiger partial charge in [-0.15, -0.1) is 12.4 Å². The molecule has 0 unspecified atom stereocenters. The minimum absolute atomic E-state index is 0. The van der Waals surface area contributed by atoms with E-state index in [2.05, 4.69) is 14.9 Å². The van der Waals surface area contributed by atoms with Gasteiger partial charge in [0.25, 0.3) is 0 Å². The Morgan fingerprint density at radius 2 is 1.81 bits per heavy atom. The molecule has 7 nitrogen and oxygen atoms in total. The lowest BCUT2D eigenvalue weighted by atomic mass is 10.1. The molecule has 1 saturated heterocycles. The molecule has 0 radical (unpaired) electrons. The van der Waals surface area contributed by atoms with Gasteiger partial charge < -0.3 is 19.6 Å². The summed E-state index contributed by atoms with van der Waals surface area (Å²) in [6, 6.07) is 13.9. The van der Waals surface area contributed by atoms with Gasteiger partial charge in [0.05, 0.1) is 24.6 Å². The Bertz CT molecular complexity index is 1070. The van der Waals surface area contributed by atoms with E-state index in [4.69, 9.17) is 21.1 Å². The predicted octanol–water partition coefficient (Wildman–Crippen LogP) is 3.60. The molecule has 0 atom stereocenters. The molecule has 0 saturated carbocycles. The summed E-state index contributed by atoms with van der Waals surface area (Å²) >= 11 is 5.95. The predicted molar refractivity (Wildman–Crippen MR) is 122 cm³/mol. The Kier molecular flexibility index (Phi) is 7.92. The first kappa shape index (κ1) is 23.1. The van der Waals surface area contributed by atoms with Crippen molar-refractivity contribution in [3.8, 4) is 34.0 Å². The summed E-state index contributed by atoms with van der Waals surface area (Å²) in [4.78, 5) is 21.2. The molecule has 4 rings (SSSR count). The van der Waals surface area contributed by atoms with Gasteiger partial charge in [-0.2, -0.15) is 4.98 Å². The molecule has 0 amide bonds. The van der Waals surface area contributed by atoms with Gasteiger partial charge in [-0.25, -0.2) is 4.79 Å². The summed E-state index contributed by atoms with van der Waals surface area (Å²) in [5.41, 5.74) is 2.16. The van der Waals surface area contributed by atoms with Crippen molar-refractivity contribution in [2.24, 2.45) is 0 Å². The minimum Gasteiger partial charge on any atom is -0.504 e. The number of aromatic amines is 1. The zero-order valence-corrected chi connectivity index (χ0v) is 18.3. The van der Waals surface area contributed by atoms with E-state index in [0.717, 1.165) is 38.4 Å². The maximum atomic E-state index is 12.1. The minimum atomic E-state index is -0.458. The molecule has 3 aromatic rings. The van der Waals surface area contributed by atoms with Gasteiger partial charge in [0.1, 0.15) is 6.61 Å². The van der Waals surface area contributed by atoms with Crippen LogP contribution < -0.4 is 10.4 Å². The van der Waals surface area contributed by atoms with Crippen molar-refractivity contribution in [2.75, 3.05) is 39.5 Å². The Balaban J connectivity index is 0.00000272. The molecule has 0 bridgehead atoms. The van der Waals surface area contributed by atoms with Gasteiger partial charge in [-0.3, -0.25) is 4.90 Å². The fourth-order valence-corrected chi connectivity index (χ4v) is 3.41. The van der Waals surface area contributed by atoms with Crippen LogP contribution in [0.15, 0.2) is 53.3 Å². The lowest BCUT2D eigenvalue weighted by Gasteiger charge is -2.26. The Morgan fingerprint density at radius 1 is 1.10 bits per heavy atom. The number of phenolic OH excluding ortho intramolecular Hbond substituents is 1. The number of benzene rings is 2. The van der Waals surface area contributed by atoms with Gasteiger partial charge >= 0.3 is 5.69 Å². The summed E-state index contributed by atoms with van der Waals surface area (Å²) in [7, 11) is 0. The van der Waals surface area contributed by atoms with Crippen LogP contribution in [0.5, 0.6) is 11.5 Å². The van der Waals surface area contributed by atoms with Gasteiger partial charge in [-0.1, -0.05) is 23.7 Å². The molecular formula is C22H23Cl2N3O4. The number of hydrogen-bond donors (Lipinski definition) is 2. The van der Waals surface area contributed by atoms with Gasteiger partial charge in [-0.05, 0) is 42.0 Å². The number of aromatic hydroxyl groups is 1. The number of phenols is 1.